The van der Waals surface area contributed by atoms with Crippen LogP contribution in [0.15, 0.2) is 24.3 Å². The second-order valence-corrected chi connectivity index (χ2v) is 7.07. The van der Waals surface area contributed by atoms with Crippen molar-refractivity contribution in [3.05, 3.63) is 29.8 Å². The van der Waals surface area contributed by atoms with Crippen LogP contribution in [0.25, 0.3) is 0 Å². The number of anilines is 1. The Morgan fingerprint density at radius 1 is 1.13 bits per heavy atom. The normalized spacial score (nSPS) is 25.8. The number of Topliss-reactive ketones (excluding diaryl/α,β-unsaturated/α-hetero) is 1. The zero-order valence-corrected chi connectivity index (χ0v) is 14.0. The van der Waals surface area contributed by atoms with Crippen LogP contribution in [0.3, 0.4) is 0 Å². The fourth-order valence-corrected chi connectivity index (χ4v) is 3.36. The van der Waals surface area contributed by atoms with Gasteiger partial charge in [-0.2, -0.15) is 0 Å². The second-order valence-electron chi connectivity index (χ2n) is 7.07. The minimum absolute atomic E-state index is 0.0305. The number of carboxylic acids is 1. The first kappa shape index (κ1) is 17.2. The summed E-state index contributed by atoms with van der Waals surface area (Å²) in [7, 11) is 0. The van der Waals surface area contributed by atoms with E-state index in [9.17, 15) is 19.5 Å². The Labute approximate surface area is 136 Å². The monoisotopic (exact) mass is 317 g/mol. The van der Waals surface area contributed by atoms with Crippen molar-refractivity contribution < 1.29 is 19.5 Å². The van der Waals surface area contributed by atoms with Crippen molar-refractivity contribution in [3.63, 3.8) is 0 Å². The quantitative estimate of drug-likeness (QED) is 0.834. The number of carbonyl (C=O) groups excluding carboxylic acids is 2. The van der Waals surface area contributed by atoms with Gasteiger partial charge in [0.1, 0.15) is 0 Å². The molecule has 5 nitrogen and oxygen atoms in total. The van der Waals surface area contributed by atoms with Gasteiger partial charge < -0.3 is 10.4 Å². The standard InChI is InChI=1S/C18H23NO4/c1-11(20)12-5-7-13(8-6-12)19-15(21)14-9-10-18(4,16(22)23)17(14,2)3/h5-8,14H,9-10H2,1-4H3,(H,19,21)(H,22,23)/t14-,18-/m0/s1. The molecule has 0 saturated heterocycles. The van der Waals surface area contributed by atoms with E-state index in [0.717, 1.165) is 0 Å². The highest BCUT2D eigenvalue weighted by atomic mass is 16.4. The zero-order valence-electron chi connectivity index (χ0n) is 14.0. The van der Waals surface area contributed by atoms with Crippen LogP contribution < -0.4 is 5.32 Å². The summed E-state index contributed by atoms with van der Waals surface area (Å²) < 4.78 is 0. The molecule has 0 heterocycles. The van der Waals surface area contributed by atoms with Crippen molar-refractivity contribution in [2.45, 2.75) is 40.5 Å². The van der Waals surface area contributed by atoms with Crippen molar-refractivity contribution in [1.29, 1.82) is 0 Å². The number of carbonyl (C=O) groups is 3. The fourth-order valence-electron chi connectivity index (χ4n) is 3.36. The zero-order chi connectivity index (χ0) is 17.4. The minimum atomic E-state index is -0.909. The molecule has 0 unspecified atom stereocenters. The molecule has 1 aliphatic rings. The van der Waals surface area contributed by atoms with E-state index < -0.39 is 16.8 Å². The van der Waals surface area contributed by atoms with Gasteiger partial charge in [-0.3, -0.25) is 14.4 Å². The first-order valence-corrected chi connectivity index (χ1v) is 7.75. The molecule has 2 rings (SSSR count). The minimum Gasteiger partial charge on any atom is -0.481 e. The van der Waals surface area contributed by atoms with Gasteiger partial charge in [-0.25, -0.2) is 0 Å². The number of benzene rings is 1. The van der Waals surface area contributed by atoms with Crippen LogP contribution in [-0.2, 0) is 9.59 Å². The summed E-state index contributed by atoms with van der Waals surface area (Å²) in [4.78, 5) is 35.5. The predicted molar refractivity (Wildman–Crippen MR) is 87.3 cm³/mol. The number of nitrogens with one attached hydrogen (secondary N) is 1. The molecule has 1 aromatic rings. The largest absolute Gasteiger partial charge is 0.481 e. The van der Waals surface area contributed by atoms with Crippen LogP contribution in [0.4, 0.5) is 5.69 Å². The molecule has 5 heteroatoms. The number of ketones is 1. The molecule has 0 spiro atoms. The Hall–Kier alpha value is -2.17. The highest BCUT2D eigenvalue weighted by Gasteiger charge is 2.58. The fraction of sp³-hybridized carbons (Fsp3) is 0.500. The SMILES string of the molecule is CC(=O)c1ccc(NC(=O)[C@@H]2CC[C@@](C)(C(=O)O)C2(C)C)cc1. The third kappa shape index (κ3) is 2.87. The van der Waals surface area contributed by atoms with Gasteiger partial charge in [0.15, 0.2) is 5.78 Å². The lowest BCUT2D eigenvalue weighted by Crippen LogP contribution is -2.43. The Balaban J connectivity index is 2.15. The van der Waals surface area contributed by atoms with Crippen LogP contribution in [0.5, 0.6) is 0 Å². The molecule has 2 N–H and O–H groups in total. The van der Waals surface area contributed by atoms with Gasteiger partial charge in [0.2, 0.25) is 5.91 Å². The first-order valence-electron chi connectivity index (χ1n) is 7.75. The molecule has 23 heavy (non-hydrogen) atoms. The highest BCUT2D eigenvalue weighted by Crippen LogP contribution is 2.56. The molecule has 1 saturated carbocycles. The smallest absolute Gasteiger partial charge is 0.309 e. The number of carboxylic acid groups (broad SMARTS) is 1. The summed E-state index contributed by atoms with van der Waals surface area (Å²) in [6.45, 7) is 6.89. The van der Waals surface area contributed by atoms with Crippen molar-refractivity contribution in [2.75, 3.05) is 5.32 Å². The lowest BCUT2D eigenvalue weighted by molar-refractivity contribution is -0.154. The average Bonchev–Trinajstić information content (AvgIpc) is 2.71. The van der Waals surface area contributed by atoms with Crippen molar-refractivity contribution >= 4 is 23.3 Å². The van der Waals surface area contributed by atoms with Crippen LogP contribution in [0.2, 0.25) is 0 Å². The average molecular weight is 317 g/mol. The van der Waals surface area contributed by atoms with Gasteiger partial charge in [-0.1, -0.05) is 13.8 Å². The van der Waals surface area contributed by atoms with E-state index in [2.05, 4.69) is 5.32 Å². The van der Waals surface area contributed by atoms with E-state index in [0.29, 0.717) is 24.1 Å². The number of rotatable bonds is 4. The summed E-state index contributed by atoms with van der Waals surface area (Å²) in [6, 6.07) is 6.71. The van der Waals surface area contributed by atoms with Gasteiger partial charge in [0, 0.05) is 17.2 Å². The molecule has 124 valence electrons. The van der Waals surface area contributed by atoms with E-state index >= 15 is 0 Å². The molecule has 0 radical (unpaired) electrons. The van der Waals surface area contributed by atoms with Crippen LogP contribution >= 0.6 is 0 Å². The highest BCUT2D eigenvalue weighted by molar-refractivity contribution is 5.96. The van der Waals surface area contributed by atoms with Crippen LogP contribution in [0.1, 0.15) is 50.9 Å². The summed E-state index contributed by atoms with van der Waals surface area (Å²) in [6.07, 6.45) is 1.03. The lowest BCUT2D eigenvalue weighted by atomic mass is 9.65. The number of hydrogen-bond acceptors (Lipinski definition) is 3. The van der Waals surface area contributed by atoms with Crippen LogP contribution in [-0.4, -0.2) is 22.8 Å². The number of aliphatic carboxylic acids is 1. The van der Waals surface area contributed by atoms with Crippen LogP contribution in [0, 0.1) is 16.7 Å². The predicted octanol–water partition coefficient (Wildman–Crippen LogP) is 3.35. The van der Waals surface area contributed by atoms with Gasteiger partial charge in [-0.15, -0.1) is 0 Å². The van der Waals surface area contributed by atoms with E-state index in [-0.39, 0.29) is 17.6 Å². The van der Waals surface area contributed by atoms with Gasteiger partial charge in [0.25, 0.3) is 0 Å². The molecule has 0 aromatic heterocycles. The maximum atomic E-state index is 12.6. The Morgan fingerprint density at radius 2 is 1.70 bits per heavy atom. The summed E-state index contributed by atoms with van der Waals surface area (Å²) >= 11 is 0. The second kappa shape index (κ2) is 5.80. The molecule has 1 amide bonds. The van der Waals surface area contributed by atoms with Crippen molar-refractivity contribution in [2.24, 2.45) is 16.7 Å². The first-order chi connectivity index (χ1) is 10.6. The molecule has 0 aliphatic heterocycles. The Morgan fingerprint density at radius 3 is 2.13 bits per heavy atom. The summed E-state index contributed by atoms with van der Waals surface area (Å²) in [5.41, 5.74) is -0.349. The molecule has 1 aliphatic carbocycles. The van der Waals surface area contributed by atoms with Gasteiger partial charge in [0.05, 0.1) is 5.41 Å². The molecular formula is C18H23NO4. The van der Waals surface area contributed by atoms with E-state index in [1.807, 2.05) is 13.8 Å². The van der Waals surface area contributed by atoms with E-state index in [1.165, 1.54) is 6.92 Å². The van der Waals surface area contributed by atoms with Gasteiger partial charge in [-0.05, 0) is 56.4 Å². The summed E-state index contributed by atoms with van der Waals surface area (Å²) in [5.74, 6) is -1.42. The molecule has 2 atom stereocenters. The Kier molecular flexibility index (Phi) is 4.33. The Bertz CT molecular complexity index is 647. The summed E-state index contributed by atoms with van der Waals surface area (Å²) in [5, 5.41) is 12.4. The molecular weight excluding hydrogens is 294 g/mol. The lowest BCUT2D eigenvalue weighted by Gasteiger charge is -2.37. The van der Waals surface area contributed by atoms with E-state index in [4.69, 9.17) is 0 Å². The van der Waals surface area contributed by atoms with E-state index in [1.54, 1.807) is 31.2 Å². The molecule has 1 aromatic carbocycles. The number of amides is 1. The third-order valence-corrected chi connectivity index (χ3v) is 5.57. The maximum Gasteiger partial charge on any atom is 0.309 e. The maximum absolute atomic E-state index is 12.6. The van der Waals surface area contributed by atoms with Crippen molar-refractivity contribution in [1.82, 2.24) is 0 Å². The molecule has 1 fully saturated rings. The van der Waals surface area contributed by atoms with Gasteiger partial charge >= 0.3 is 5.97 Å². The third-order valence-electron chi connectivity index (χ3n) is 5.57. The van der Waals surface area contributed by atoms with Crippen molar-refractivity contribution in [3.8, 4) is 0 Å². The molecule has 0 bridgehead atoms. The number of hydrogen-bond donors (Lipinski definition) is 2. The topological polar surface area (TPSA) is 83.5 Å².